The summed E-state index contributed by atoms with van der Waals surface area (Å²) in [5.74, 6) is 1.39. The van der Waals surface area contributed by atoms with Gasteiger partial charge in [0.2, 0.25) is 11.8 Å². The van der Waals surface area contributed by atoms with Crippen LogP contribution < -0.4 is 14.8 Å². The summed E-state index contributed by atoms with van der Waals surface area (Å²) in [6, 6.07) is 5.77. The first-order chi connectivity index (χ1) is 15.1. The zero-order valence-electron chi connectivity index (χ0n) is 18.1. The normalized spacial score (nSPS) is 16.8. The van der Waals surface area contributed by atoms with Crippen LogP contribution in [0.3, 0.4) is 0 Å². The molecular formula is C22H30N6O2S. The molecule has 166 valence electrons. The molecule has 0 spiro atoms. The van der Waals surface area contributed by atoms with Crippen molar-refractivity contribution in [2.24, 2.45) is 5.92 Å². The number of hydrogen-bond donors (Lipinski definition) is 3. The summed E-state index contributed by atoms with van der Waals surface area (Å²) < 4.78 is 21.1. The van der Waals surface area contributed by atoms with Gasteiger partial charge in [-0.15, -0.1) is 0 Å². The number of nitrogens with one attached hydrogen (secondary N) is 3. The molecule has 2 aromatic heterocycles. The van der Waals surface area contributed by atoms with Crippen molar-refractivity contribution in [3.05, 3.63) is 30.1 Å². The predicted molar refractivity (Wildman–Crippen MR) is 123 cm³/mol. The van der Waals surface area contributed by atoms with Gasteiger partial charge in [-0.25, -0.2) is 13.9 Å². The van der Waals surface area contributed by atoms with E-state index in [-0.39, 0.29) is 0 Å². The number of aromatic nitrogens is 4. The second-order valence-electron chi connectivity index (χ2n) is 8.08. The van der Waals surface area contributed by atoms with Crippen molar-refractivity contribution < 1.29 is 8.95 Å². The third kappa shape index (κ3) is 5.40. The molecule has 1 aliphatic rings. The van der Waals surface area contributed by atoms with E-state index in [0.29, 0.717) is 42.1 Å². The monoisotopic (exact) mass is 442 g/mol. The standard InChI is InChI=1S/C22H30N6O2S/c1-3-4-5-6-7-15(2)13-30-21-19-20(24-14-23-19)27-22(28-21)26-17-8-9-18-16(12-17)10-11-25-31(18)29/h8-9,12,14-15,25H,3-7,10-11,13H2,1-2H3,(H2,23,24,26,27,28). The average molecular weight is 443 g/mol. The van der Waals surface area contributed by atoms with Crippen LogP contribution in [-0.2, 0) is 17.4 Å². The largest absolute Gasteiger partial charge is 0.476 e. The van der Waals surface area contributed by atoms with E-state index in [1.54, 1.807) is 6.33 Å². The van der Waals surface area contributed by atoms with Crippen LogP contribution in [-0.4, -0.2) is 37.3 Å². The summed E-state index contributed by atoms with van der Waals surface area (Å²) in [7, 11) is -1.14. The highest BCUT2D eigenvalue weighted by Crippen LogP contribution is 2.26. The molecule has 3 aromatic rings. The van der Waals surface area contributed by atoms with Gasteiger partial charge in [-0.3, -0.25) is 0 Å². The molecule has 4 rings (SSSR count). The average Bonchev–Trinajstić information content (AvgIpc) is 3.24. The van der Waals surface area contributed by atoms with E-state index in [1.807, 2.05) is 18.2 Å². The molecule has 3 heterocycles. The van der Waals surface area contributed by atoms with Gasteiger partial charge in [0.1, 0.15) is 16.5 Å². The fraction of sp³-hybridized carbons (Fsp3) is 0.500. The molecule has 0 saturated carbocycles. The van der Waals surface area contributed by atoms with Gasteiger partial charge in [0.25, 0.3) is 0 Å². The van der Waals surface area contributed by atoms with Gasteiger partial charge in [-0.2, -0.15) is 9.97 Å². The molecule has 0 radical (unpaired) electrons. The number of imidazole rings is 1. The number of hydrogen-bond acceptors (Lipinski definition) is 6. The fourth-order valence-electron chi connectivity index (χ4n) is 3.71. The first-order valence-electron chi connectivity index (χ1n) is 11.0. The second kappa shape index (κ2) is 10.2. The molecule has 0 fully saturated rings. The van der Waals surface area contributed by atoms with Gasteiger partial charge in [0.15, 0.2) is 5.65 Å². The molecule has 8 nitrogen and oxygen atoms in total. The number of anilines is 2. The van der Waals surface area contributed by atoms with Crippen LogP contribution in [0, 0.1) is 5.92 Å². The van der Waals surface area contributed by atoms with Crippen molar-refractivity contribution in [2.45, 2.75) is 57.3 Å². The Morgan fingerprint density at radius 3 is 3.03 bits per heavy atom. The Morgan fingerprint density at radius 2 is 2.16 bits per heavy atom. The highest BCUT2D eigenvalue weighted by molar-refractivity contribution is 7.83. The summed E-state index contributed by atoms with van der Waals surface area (Å²) in [6.45, 7) is 5.75. The summed E-state index contributed by atoms with van der Waals surface area (Å²) in [5.41, 5.74) is 3.18. The topological polar surface area (TPSA) is 105 Å². The van der Waals surface area contributed by atoms with Gasteiger partial charge in [0.05, 0.1) is 17.8 Å². The maximum Gasteiger partial charge on any atom is 0.245 e. The van der Waals surface area contributed by atoms with Gasteiger partial charge < -0.3 is 15.0 Å². The van der Waals surface area contributed by atoms with Crippen LogP contribution in [0.15, 0.2) is 29.4 Å². The first kappa shape index (κ1) is 21.7. The van der Waals surface area contributed by atoms with E-state index in [1.165, 1.54) is 25.7 Å². The Kier molecular flexibility index (Phi) is 7.14. The predicted octanol–water partition coefficient (Wildman–Crippen LogP) is 4.25. The minimum Gasteiger partial charge on any atom is -0.476 e. The van der Waals surface area contributed by atoms with E-state index in [2.05, 4.69) is 43.8 Å². The SMILES string of the molecule is CCCCCCC(C)COc1nc(Nc2ccc3c(c2)CCNS3=O)nc2nc[nH]c12. The Morgan fingerprint density at radius 1 is 1.26 bits per heavy atom. The van der Waals surface area contributed by atoms with Crippen LogP contribution in [0.2, 0.25) is 0 Å². The van der Waals surface area contributed by atoms with E-state index in [4.69, 9.17) is 4.74 Å². The highest BCUT2D eigenvalue weighted by Gasteiger charge is 2.17. The number of rotatable bonds is 10. The Bertz CT molecular complexity index is 1050. The number of benzene rings is 1. The van der Waals surface area contributed by atoms with Crippen LogP contribution >= 0.6 is 0 Å². The van der Waals surface area contributed by atoms with Crippen molar-refractivity contribution in [1.29, 1.82) is 0 Å². The van der Waals surface area contributed by atoms with Gasteiger partial charge >= 0.3 is 0 Å². The number of aromatic amines is 1. The second-order valence-corrected chi connectivity index (χ2v) is 9.35. The Labute approximate surface area is 185 Å². The highest BCUT2D eigenvalue weighted by atomic mass is 32.2. The van der Waals surface area contributed by atoms with Crippen LogP contribution in [0.5, 0.6) is 5.88 Å². The molecule has 0 amide bonds. The van der Waals surface area contributed by atoms with Crippen molar-refractivity contribution in [3.63, 3.8) is 0 Å². The summed E-state index contributed by atoms with van der Waals surface area (Å²) >= 11 is 0. The lowest BCUT2D eigenvalue weighted by Crippen LogP contribution is -2.26. The zero-order valence-corrected chi connectivity index (χ0v) is 18.9. The van der Waals surface area contributed by atoms with Crippen molar-refractivity contribution in [1.82, 2.24) is 24.7 Å². The zero-order chi connectivity index (χ0) is 21.6. The molecule has 0 saturated heterocycles. The number of nitrogens with zero attached hydrogens (tertiary/aromatic N) is 3. The number of ether oxygens (including phenoxy) is 1. The quantitative estimate of drug-likeness (QED) is 0.406. The summed E-state index contributed by atoms with van der Waals surface area (Å²) in [5, 5.41) is 3.25. The van der Waals surface area contributed by atoms with Crippen LogP contribution in [0.1, 0.15) is 51.5 Å². The van der Waals surface area contributed by atoms with E-state index < -0.39 is 11.0 Å². The molecule has 1 aliphatic heterocycles. The lowest BCUT2D eigenvalue weighted by molar-refractivity contribution is 0.243. The van der Waals surface area contributed by atoms with Gasteiger partial charge in [-0.05, 0) is 42.5 Å². The molecule has 9 heteroatoms. The van der Waals surface area contributed by atoms with Crippen molar-refractivity contribution >= 4 is 33.8 Å². The molecule has 0 bridgehead atoms. The van der Waals surface area contributed by atoms with Crippen LogP contribution in [0.4, 0.5) is 11.6 Å². The minimum atomic E-state index is -1.14. The number of H-pyrrole nitrogens is 1. The molecule has 31 heavy (non-hydrogen) atoms. The molecule has 2 unspecified atom stereocenters. The van der Waals surface area contributed by atoms with Gasteiger partial charge in [0, 0.05) is 12.2 Å². The van der Waals surface area contributed by atoms with Crippen LogP contribution in [0.25, 0.3) is 11.2 Å². The lowest BCUT2D eigenvalue weighted by Gasteiger charge is -2.17. The van der Waals surface area contributed by atoms with Gasteiger partial charge in [-0.1, -0.05) is 39.5 Å². The molecule has 2 atom stereocenters. The third-order valence-corrected chi connectivity index (χ3v) is 6.72. The fourth-order valence-corrected chi connectivity index (χ4v) is 4.74. The summed E-state index contributed by atoms with van der Waals surface area (Å²) in [6.07, 6.45) is 8.63. The first-order valence-corrected chi connectivity index (χ1v) is 12.2. The van der Waals surface area contributed by atoms with Crippen molar-refractivity contribution in [2.75, 3.05) is 18.5 Å². The van der Waals surface area contributed by atoms with Crippen molar-refractivity contribution in [3.8, 4) is 5.88 Å². The maximum atomic E-state index is 12.1. The third-order valence-electron chi connectivity index (χ3n) is 5.45. The number of unbranched alkanes of at least 4 members (excludes halogenated alkanes) is 3. The molecule has 3 N–H and O–H groups in total. The van der Waals surface area contributed by atoms with E-state index in [0.717, 1.165) is 29.0 Å². The van der Waals surface area contributed by atoms with E-state index in [9.17, 15) is 4.21 Å². The Balaban J connectivity index is 1.46. The minimum absolute atomic E-state index is 0.431. The van der Waals surface area contributed by atoms with E-state index >= 15 is 0 Å². The summed E-state index contributed by atoms with van der Waals surface area (Å²) in [4.78, 5) is 17.3. The molecule has 0 aliphatic carbocycles. The smallest absolute Gasteiger partial charge is 0.245 e. The lowest BCUT2D eigenvalue weighted by atomic mass is 10.0. The number of fused-ring (bicyclic) bond motifs is 2. The molecule has 1 aromatic carbocycles. The maximum absolute atomic E-state index is 12.1. The Hall–Kier alpha value is -2.52. The molecular weight excluding hydrogens is 412 g/mol.